The quantitative estimate of drug-likeness (QED) is 0.474. The van der Waals surface area contributed by atoms with Crippen LogP contribution in [0.15, 0.2) is 24.3 Å². The predicted molar refractivity (Wildman–Crippen MR) is 82.6 cm³/mol. The summed E-state index contributed by atoms with van der Waals surface area (Å²) < 4.78 is 5.60. The zero-order chi connectivity index (χ0) is 15.1. The Labute approximate surface area is 125 Å². The maximum atomic E-state index is 10.6. The third-order valence-corrected chi connectivity index (χ3v) is 4.21. The molecule has 5 heteroatoms. The van der Waals surface area contributed by atoms with Gasteiger partial charge in [0.25, 0.3) is 5.69 Å². The number of nitro groups is 1. The van der Waals surface area contributed by atoms with Crippen LogP contribution in [0.4, 0.5) is 5.69 Å². The largest absolute Gasteiger partial charge is 0.492 e. The average Bonchev–Trinajstić information content (AvgIpc) is 2.52. The second kappa shape index (κ2) is 7.98. The van der Waals surface area contributed by atoms with Crippen LogP contribution in [0, 0.1) is 16.0 Å². The summed E-state index contributed by atoms with van der Waals surface area (Å²) in [5, 5.41) is 14.1. The standard InChI is InChI=1S/C16H24N2O3/c1-2-13-4-3-5-14(12-13)17-10-11-21-16-8-6-15(7-9-16)18(19)20/h6-9,13-14,17H,2-5,10-12H2,1H3. The number of rotatable bonds is 7. The molecule has 2 unspecified atom stereocenters. The Morgan fingerprint density at radius 2 is 2.10 bits per heavy atom. The van der Waals surface area contributed by atoms with Crippen LogP contribution in [0.25, 0.3) is 0 Å². The van der Waals surface area contributed by atoms with E-state index in [9.17, 15) is 10.1 Å². The molecule has 1 aromatic carbocycles. The molecule has 0 aromatic heterocycles. The fourth-order valence-corrected chi connectivity index (χ4v) is 2.94. The predicted octanol–water partition coefficient (Wildman–Crippen LogP) is 3.53. The van der Waals surface area contributed by atoms with Crippen LogP contribution in [-0.2, 0) is 0 Å². The fourth-order valence-electron chi connectivity index (χ4n) is 2.94. The number of ether oxygens (including phenoxy) is 1. The van der Waals surface area contributed by atoms with Crippen molar-refractivity contribution >= 4 is 5.69 Å². The van der Waals surface area contributed by atoms with Crippen LogP contribution in [0.5, 0.6) is 5.75 Å². The molecule has 1 fully saturated rings. The second-order valence-corrected chi connectivity index (χ2v) is 5.69. The van der Waals surface area contributed by atoms with E-state index in [1.807, 2.05) is 0 Å². The number of non-ortho nitro benzene ring substituents is 1. The Morgan fingerprint density at radius 1 is 1.33 bits per heavy atom. The molecule has 0 radical (unpaired) electrons. The van der Waals surface area contributed by atoms with Crippen molar-refractivity contribution in [1.82, 2.24) is 5.32 Å². The van der Waals surface area contributed by atoms with Crippen molar-refractivity contribution in [2.75, 3.05) is 13.2 Å². The third kappa shape index (κ3) is 5.01. The van der Waals surface area contributed by atoms with Crippen molar-refractivity contribution in [1.29, 1.82) is 0 Å². The molecular formula is C16H24N2O3. The number of nitrogens with one attached hydrogen (secondary N) is 1. The van der Waals surface area contributed by atoms with E-state index < -0.39 is 4.92 Å². The highest BCUT2D eigenvalue weighted by Crippen LogP contribution is 2.26. The summed E-state index contributed by atoms with van der Waals surface area (Å²) in [7, 11) is 0. The van der Waals surface area contributed by atoms with Crippen LogP contribution in [0.2, 0.25) is 0 Å². The molecule has 0 heterocycles. The number of benzene rings is 1. The van der Waals surface area contributed by atoms with Crippen molar-refractivity contribution in [3.05, 3.63) is 34.4 Å². The van der Waals surface area contributed by atoms with Crippen molar-refractivity contribution in [2.24, 2.45) is 5.92 Å². The average molecular weight is 292 g/mol. The smallest absolute Gasteiger partial charge is 0.269 e. The zero-order valence-corrected chi connectivity index (χ0v) is 12.6. The minimum atomic E-state index is -0.404. The maximum absolute atomic E-state index is 10.6. The number of nitro benzene ring substituents is 1. The molecule has 1 saturated carbocycles. The molecule has 1 N–H and O–H groups in total. The molecule has 21 heavy (non-hydrogen) atoms. The van der Waals surface area contributed by atoms with Gasteiger partial charge in [0.2, 0.25) is 0 Å². The SMILES string of the molecule is CCC1CCCC(NCCOc2ccc([N+](=O)[O-])cc2)C1. The van der Waals surface area contributed by atoms with Gasteiger partial charge >= 0.3 is 0 Å². The normalized spacial score (nSPS) is 22.0. The van der Waals surface area contributed by atoms with Crippen LogP contribution >= 0.6 is 0 Å². The summed E-state index contributed by atoms with van der Waals surface area (Å²) in [4.78, 5) is 10.1. The lowest BCUT2D eigenvalue weighted by Crippen LogP contribution is -2.36. The molecule has 0 bridgehead atoms. The first-order chi connectivity index (χ1) is 10.2. The van der Waals surface area contributed by atoms with Gasteiger partial charge < -0.3 is 10.1 Å². The van der Waals surface area contributed by atoms with Crippen molar-refractivity contribution in [3.8, 4) is 5.75 Å². The number of hydrogen-bond acceptors (Lipinski definition) is 4. The van der Waals surface area contributed by atoms with E-state index in [0.717, 1.165) is 12.5 Å². The van der Waals surface area contributed by atoms with Crippen LogP contribution < -0.4 is 10.1 Å². The monoisotopic (exact) mass is 292 g/mol. The molecule has 0 saturated heterocycles. The van der Waals surface area contributed by atoms with Crippen LogP contribution in [0.1, 0.15) is 39.0 Å². The third-order valence-electron chi connectivity index (χ3n) is 4.21. The molecule has 0 spiro atoms. The summed E-state index contributed by atoms with van der Waals surface area (Å²) in [6, 6.07) is 6.84. The topological polar surface area (TPSA) is 64.4 Å². The summed E-state index contributed by atoms with van der Waals surface area (Å²) >= 11 is 0. The first-order valence-corrected chi connectivity index (χ1v) is 7.79. The summed E-state index contributed by atoms with van der Waals surface area (Å²) in [6.07, 6.45) is 6.49. The summed E-state index contributed by atoms with van der Waals surface area (Å²) in [5.41, 5.74) is 0.0910. The molecule has 1 aromatic rings. The van der Waals surface area contributed by atoms with Gasteiger partial charge in [-0.1, -0.05) is 26.2 Å². The van der Waals surface area contributed by atoms with Crippen molar-refractivity contribution < 1.29 is 9.66 Å². The lowest BCUT2D eigenvalue weighted by molar-refractivity contribution is -0.384. The van der Waals surface area contributed by atoms with Gasteiger partial charge in [-0.25, -0.2) is 0 Å². The van der Waals surface area contributed by atoms with Gasteiger partial charge in [-0.3, -0.25) is 10.1 Å². The highest BCUT2D eigenvalue weighted by atomic mass is 16.6. The van der Waals surface area contributed by atoms with E-state index in [1.165, 1.54) is 44.2 Å². The Balaban J connectivity index is 1.66. The van der Waals surface area contributed by atoms with Crippen LogP contribution in [-0.4, -0.2) is 24.1 Å². The Hall–Kier alpha value is -1.62. The molecule has 0 aliphatic heterocycles. The molecule has 1 aliphatic carbocycles. The maximum Gasteiger partial charge on any atom is 0.269 e. The van der Waals surface area contributed by atoms with Gasteiger partial charge in [-0.15, -0.1) is 0 Å². The molecule has 5 nitrogen and oxygen atoms in total. The minimum Gasteiger partial charge on any atom is -0.492 e. The lowest BCUT2D eigenvalue weighted by atomic mass is 9.84. The highest BCUT2D eigenvalue weighted by molar-refractivity contribution is 5.35. The Kier molecular flexibility index (Phi) is 5.99. The fraction of sp³-hybridized carbons (Fsp3) is 0.625. The van der Waals surface area contributed by atoms with E-state index >= 15 is 0 Å². The lowest BCUT2D eigenvalue weighted by Gasteiger charge is -2.29. The molecule has 2 rings (SSSR count). The minimum absolute atomic E-state index is 0.0910. The Morgan fingerprint density at radius 3 is 2.76 bits per heavy atom. The van der Waals surface area contributed by atoms with Gasteiger partial charge in [-0.05, 0) is 30.9 Å². The van der Waals surface area contributed by atoms with E-state index in [4.69, 9.17) is 4.74 Å². The van der Waals surface area contributed by atoms with E-state index in [2.05, 4.69) is 12.2 Å². The molecule has 2 atom stereocenters. The van der Waals surface area contributed by atoms with Crippen molar-refractivity contribution in [3.63, 3.8) is 0 Å². The highest BCUT2D eigenvalue weighted by Gasteiger charge is 2.19. The first kappa shape index (κ1) is 15.8. The summed E-state index contributed by atoms with van der Waals surface area (Å²) in [6.45, 7) is 3.67. The Bertz CT molecular complexity index is 447. The number of hydrogen-bond donors (Lipinski definition) is 1. The van der Waals surface area contributed by atoms with E-state index in [0.29, 0.717) is 18.4 Å². The van der Waals surface area contributed by atoms with Gasteiger partial charge in [-0.2, -0.15) is 0 Å². The van der Waals surface area contributed by atoms with Crippen LogP contribution in [0.3, 0.4) is 0 Å². The van der Waals surface area contributed by atoms with E-state index in [1.54, 1.807) is 12.1 Å². The van der Waals surface area contributed by atoms with Gasteiger partial charge in [0.1, 0.15) is 12.4 Å². The number of nitrogens with zero attached hydrogens (tertiary/aromatic N) is 1. The molecule has 1 aliphatic rings. The molecule has 0 amide bonds. The zero-order valence-electron chi connectivity index (χ0n) is 12.6. The van der Waals surface area contributed by atoms with Gasteiger partial charge in [0.05, 0.1) is 4.92 Å². The summed E-state index contributed by atoms with van der Waals surface area (Å²) in [5.74, 6) is 1.55. The second-order valence-electron chi connectivity index (χ2n) is 5.69. The van der Waals surface area contributed by atoms with Crippen molar-refractivity contribution in [2.45, 2.75) is 45.1 Å². The van der Waals surface area contributed by atoms with E-state index in [-0.39, 0.29) is 5.69 Å². The van der Waals surface area contributed by atoms with Gasteiger partial charge in [0.15, 0.2) is 0 Å². The molecule has 116 valence electrons. The van der Waals surface area contributed by atoms with Gasteiger partial charge in [0, 0.05) is 24.7 Å². The first-order valence-electron chi connectivity index (χ1n) is 7.79. The molecular weight excluding hydrogens is 268 g/mol.